The average Bonchev–Trinajstić information content (AvgIpc) is 2.18. The summed E-state index contributed by atoms with van der Waals surface area (Å²) in [5, 5.41) is 0. The normalized spacial score (nSPS) is 11.2. The SMILES string of the molecule is C=CCOc1nc(C(C)(C)C)nc(N)c1C. The zero-order chi connectivity index (χ0) is 12.3. The zero-order valence-corrected chi connectivity index (χ0v) is 10.4. The highest BCUT2D eigenvalue weighted by molar-refractivity contribution is 5.45. The Labute approximate surface area is 96.6 Å². The molecule has 0 bridgehead atoms. The molecule has 0 aliphatic heterocycles. The lowest BCUT2D eigenvalue weighted by Crippen LogP contribution is -2.18. The van der Waals surface area contributed by atoms with E-state index in [4.69, 9.17) is 10.5 Å². The Morgan fingerprint density at radius 1 is 1.38 bits per heavy atom. The number of hydrogen-bond donors (Lipinski definition) is 1. The minimum atomic E-state index is -0.145. The van der Waals surface area contributed by atoms with Gasteiger partial charge >= 0.3 is 0 Å². The first kappa shape index (κ1) is 12.5. The van der Waals surface area contributed by atoms with Gasteiger partial charge in [0.25, 0.3) is 0 Å². The fourth-order valence-corrected chi connectivity index (χ4v) is 1.13. The lowest BCUT2D eigenvalue weighted by Gasteiger charge is -2.19. The van der Waals surface area contributed by atoms with E-state index < -0.39 is 0 Å². The maximum absolute atomic E-state index is 5.83. The Hall–Kier alpha value is -1.58. The standard InChI is InChI=1S/C12H19N3O/c1-6-7-16-10-8(2)9(13)14-11(15-10)12(3,4)5/h6H,1,7H2,2-5H3,(H2,13,14,15). The van der Waals surface area contributed by atoms with E-state index in [1.165, 1.54) is 0 Å². The van der Waals surface area contributed by atoms with Crippen molar-refractivity contribution in [2.24, 2.45) is 0 Å². The molecule has 88 valence electrons. The number of nitrogens with zero attached hydrogens (tertiary/aromatic N) is 2. The molecule has 0 fully saturated rings. The van der Waals surface area contributed by atoms with Crippen molar-refractivity contribution in [1.29, 1.82) is 0 Å². The molecule has 0 radical (unpaired) electrons. The van der Waals surface area contributed by atoms with Crippen LogP contribution < -0.4 is 10.5 Å². The third-order valence-corrected chi connectivity index (χ3v) is 2.15. The van der Waals surface area contributed by atoms with Crippen molar-refractivity contribution in [2.45, 2.75) is 33.1 Å². The largest absolute Gasteiger partial charge is 0.473 e. The van der Waals surface area contributed by atoms with Crippen molar-refractivity contribution in [3.8, 4) is 5.88 Å². The molecule has 0 amide bonds. The molecule has 1 rings (SSSR count). The topological polar surface area (TPSA) is 61.0 Å². The van der Waals surface area contributed by atoms with Gasteiger partial charge in [-0.2, -0.15) is 4.98 Å². The Bertz CT molecular complexity index is 394. The molecule has 0 aliphatic rings. The van der Waals surface area contributed by atoms with Crippen LogP contribution in [-0.2, 0) is 5.41 Å². The van der Waals surface area contributed by atoms with Gasteiger partial charge in [0.15, 0.2) is 0 Å². The molecule has 0 aliphatic carbocycles. The summed E-state index contributed by atoms with van der Waals surface area (Å²) < 4.78 is 5.45. The summed E-state index contributed by atoms with van der Waals surface area (Å²) in [5.74, 6) is 1.70. The second-order valence-electron chi connectivity index (χ2n) is 4.71. The van der Waals surface area contributed by atoms with Crippen LogP contribution >= 0.6 is 0 Å². The Morgan fingerprint density at radius 3 is 2.50 bits per heavy atom. The van der Waals surface area contributed by atoms with Gasteiger partial charge in [0, 0.05) is 5.41 Å². The molecule has 0 spiro atoms. The van der Waals surface area contributed by atoms with E-state index in [1.54, 1.807) is 6.08 Å². The van der Waals surface area contributed by atoms with Gasteiger partial charge in [0.05, 0.1) is 5.56 Å². The summed E-state index contributed by atoms with van der Waals surface area (Å²) in [6, 6.07) is 0. The van der Waals surface area contributed by atoms with E-state index in [0.717, 1.165) is 5.56 Å². The van der Waals surface area contributed by atoms with Crippen molar-refractivity contribution in [3.63, 3.8) is 0 Å². The second-order valence-corrected chi connectivity index (χ2v) is 4.71. The smallest absolute Gasteiger partial charge is 0.222 e. The van der Waals surface area contributed by atoms with Gasteiger partial charge in [0.1, 0.15) is 18.2 Å². The number of hydrogen-bond acceptors (Lipinski definition) is 4. The Morgan fingerprint density at radius 2 is 2.00 bits per heavy atom. The molecule has 0 saturated heterocycles. The van der Waals surface area contributed by atoms with Crippen LogP contribution in [0.1, 0.15) is 32.2 Å². The van der Waals surface area contributed by atoms with E-state index in [0.29, 0.717) is 24.1 Å². The fourth-order valence-electron chi connectivity index (χ4n) is 1.13. The molecule has 4 nitrogen and oxygen atoms in total. The Kier molecular flexibility index (Phi) is 3.52. The average molecular weight is 221 g/mol. The van der Waals surface area contributed by atoms with Gasteiger partial charge in [-0.25, -0.2) is 4.98 Å². The summed E-state index contributed by atoms with van der Waals surface area (Å²) in [6.07, 6.45) is 1.68. The first-order valence-electron chi connectivity index (χ1n) is 5.24. The number of rotatable bonds is 3. The van der Waals surface area contributed by atoms with Crippen LogP contribution in [0.15, 0.2) is 12.7 Å². The third-order valence-electron chi connectivity index (χ3n) is 2.15. The monoisotopic (exact) mass is 221 g/mol. The first-order valence-corrected chi connectivity index (χ1v) is 5.24. The number of nitrogen functional groups attached to an aromatic ring is 1. The highest BCUT2D eigenvalue weighted by Crippen LogP contribution is 2.25. The summed E-state index contributed by atoms with van der Waals surface area (Å²) in [5.41, 5.74) is 6.46. The van der Waals surface area contributed by atoms with Crippen LogP contribution in [0.4, 0.5) is 5.82 Å². The van der Waals surface area contributed by atoms with Gasteiger partial charge in [-0.05, 0) is 6.92 Å². The molecule has 0 atom stereocenters. The molecule has 0 aromatic carbocycles. The molecule has 1 heterocycles. The molecular weight excluding hydrogens is 202 g/mol. The molecule has 1 aromatic heterocycles. The molecule has 1 aromatic rings. The van der Waals surface area contributed by atoms with Crippen molar-refractivity contribution < 1.29 is 4.74 Å². The minimum absolute atomic E-state index is 0.145. The van der Waals surface area contributed by atoms with Crippen molar-refractivity contribution in [2.75, 3.05) is 12.3 Å². The van der Waals surface area contributed by atoms with Gasteiger partial charge < -0.3 is 10.5 Å². The molecule has 16 heavy (non-hydrogen) atoms. The van der Waals surface area contributed by atoms with E-state index in [-0.39, 0.29) is 5.41 Å². The lowest BCUT2D eigenvalue weighted by molar-refractivity contribution is 0.340. The number of ether oxygens (including phenoxy) is 1. The minimum Gasteiger partial charge on any atom is -0.473 e. The quantitative estimate of drug-likeness (QED) is 0.795. The fraction of sp³-hybridized carbons (Fsp3) is 0.500. The molecule has 2 N–H and O–H groups in total. The van der Waals surface area contributed by atoms with Gasteiger partial charge in [0.2, 0.25) is 5.88 Å². The lowest BCUT2D eigenvalue weighted by atomic mass is 9.95. The predicted molar refractivity (Wildman–Crippen MR) is 65.6 cm³/mol. The zero-order valence-electron chi connectivity index (χ0n) is 10.4. The summed E-state index contributed by atoms with van der Waals surface area (Å²) >= 11 is 0. The maximum atomic E-state index is 5.83. The van der Waals surface area contributed by atoms with Crippen molar-refractivity contribution in [1.82, 2.24) is 9.97 Å². The van der Waals surface area contributed by atoms with E-state index in [1.807, 2.05) is 27.7 Å². The molecule has 0 unspecified atom stereocenters. The van der Waals surface area contributed by atoms with E-state index >= 15 is 0 Å². The van der Waals surface area contributed by atoms with E-state index in [2.05, 4.69) is 16.5 Å². The van der Waals surface area contributed by atoms with Gasteiger partial charge in [-0.3, -0.25) is 0 Å². The van der Waals surface area contributed by atoms with Crippen molar-refractivity contribution >= 4 is 5.82 Å². The van der Waals surface area contributed by atoms with Crippen LogP contribution in [0.2, 0.25) is 0 Å². The Balaban J connectivity index is 3.16. The highest BCUT2D eigenvalue weighted by Gasteiger charge is 2.20. The van der Waals surface area contributed by atoms with Crippen LogP contribution in [0, 0.1) is 6.92 Å². The van der Waals surface area contributed by atoms with E-state index in [9.17, 15) is 0 Å². The van der Waals surface area contributed by atoms with Crippen LogP contribution in [-0.4, -0.2) is 16.6 Å². The maximum Gasteiger partial charge on any atom is 0.222 e. The molecular formula is C12H19N3O. The third kappa shape index (κ3) is 2.72. The number of nitrogens with two attached hydrogens (primary N) is 1. The van der Waals surface area contributed by atoms with Crippen LogP contribution in [0.25, 0.3) is 0 Å². The summed E-state index contributed by atoms with van der Waals surface area (Å²) in [6.45, 7) is 12.0. The first-order chi connectivity index (χ1) is 7.36. The predicted octanol–water partition coefficient (Wildman–Crippen LogP) is 2.23. The van der Waals surface area contributed by atoms with Crippen LogP contribution in [0.5, 0.6) is 5.88 Å². The van der Waals surface area contributed by atoms with Gasteiger partial charge in [-0.1, -0.05) is 33.4 Å². The molecule has 0 saturated carbocycles. The second kappa shape index (κ2) is 4.51. The van der Waals surface area contributed by atoms with Crippen LogP contribution in [0.3, 0.4) is 0 Å². The number of anilines is 1. The summed E-state index contributed by atoms with van der Waals surface area (Å²) in [7, 11) is 0. The van der Waals surface area contributed by atoms with Gasteiger partial charge in [-0.15, -0.1) is 0 Å². The summed E-state index contributed by atoms with van der Waals surface area (Å²) in [4.78, 5) is 8.65. The highest BCUT2D eigenvalue weighted by atomic mass is 16.5. The van der Waals surface area contributed by atoms with Crippen molar-refractivity contribution in [3.05, 3.63) is 24.0 Å². The number of aromatic nitrogens is 2. The molecule has 4 heteroatoms.